The van der Waals surface area contributed by atoms with Gasteiger partial charge in [0.1, 0.15) is 11.2 Å². The molecule has 1 saturated heterocycles. The minimum atomic E-state index is -0.445. The Bertz CT molecular complexity index is 592. The molecule has 2 atom stereocenters. The van der Waals surface area contributed by atoms with E-state index in [0.717, 1.165) is 5.56 Å². The molecule has 1 aromatic rings. The van der Waals surface area contributed by atoms with Gasteiger partial charge in [-0.25, -0.2) is 4.79 Å². The van der Waals surface area contributed by atoms with E-state index in [4.69, 9.17) is 4.74 Å². The van der Waals surface area contributed by atoms with E-state index in [-0.39, 0.29) is 36.5 Å². The molecule has 2 rings (SSSR count). The van der Waals surface area contributed by atoms with Gasteiger partial charge in [0, 0.05) is 18.6 Å². The van der Waals surface area contributed by atoms with Crippen LogP contribution in [0.1, 0.15) is 30.2 Å². The van der Waals surface area contributed by atoms with Gasteiger partial charge >= 0.3 is 12.1 Å². The molecular weight excluding hydrogens is 330 g/mol. The molecule has 1 fully saturated rings. The van der Waals surface area contributed by atoms with Crippen molar-refractivity contribution in [2.75, 3.05) is 20.0 Å². The molecule has 0 bridgehead atoms. The van der Waals surface area contributed by atoms with Gasteiger partial charge in [0.25, 0.3) is 0 Å². The first-order valence-electron chi connectivity index (χ1n) is 7.68. The molecule has 0 aromatic heterocycles. The molecule has 1 aliphatic heterocycles. The first-order chi connectivity index (χ1) is 11.6. The Kier molecular flexibility index (Phi) is 6.66. The van der Waals surface area contributed by atoms with Crippen molar-refractivity contribution in [2.45, 2.75) is 30.7 Å². The van der Waals surface area contributed by atoms with Crippen molar-refractivity contribution in [2.24, 2.45) is 0 Å². The maximum Gasteiger partial charge on any atom is 0.410 e. The lowest BCUT2D eigenvalue weighted by atomic mass is 10.1. The van der Waals surface area contributed by atoms with Crippen LogP contribution in [0.2, 0.25) is 0 Å². The minimum absolute atomic E-state index is 0.0615. The first-order valence-corrected chi connectivity index (χ1v) is 8.73. The van der Waals surface area contributed by atoms with Crippen LogP contribution in [0.15, 0.2) is 30.3 Å². The SMILES string of the molecule is COC(=O)CCC(=O)CC1CSC(c2ccccc2)N1C(=O)OC. The van der Waals surface area contributed by atoms with Gasteiger partial charge in [-0.05, 0) is 5.56 Å². The molecule has 6 nitrogen and oxygen atoms in total. The van der Waals surface area contributed by atoms with Gasteiger partial charge in [0.05, 0.1) is 26.7 Å². The third kappa shape index (κ3) is 4.50. The predicted molar refractivity (Wildman–Crippen MR) is 90.5 cm³/mol. The van der Waals surface area contributed by atoms with Gasteiger partial charge in [-0.2, -0.15) is 0 Å². The summed E-state index contributed by atoms with van der Waals surface area (Å²) in [5.74, 6) is 0.184. The summed E-state index contributed by atoms with van der Waals surface area (Å²) >= 11 is 1.61. The van der Waals surface area contributed by atoms with Crippen molar-refractivity contribution in [1.82, 2.24) is 4.90 Å². The number of Topliss-reactive ketones (excluding diaryl/α,β-unsaturated/α-hetero) is 1. The molecule has 0 spiro atoms. The van der Waals surface area contributed by atoms with Crippen LogP contribution in [0.3, 0.4) is 0 Å². The molecule has 130 valence electrons. The maximum atomic E-state index is 12.2. The molecule has 1 aromatic carbocycles. The number of hydrogen-bond donors (Lipinski definition) is 0. The van der Waals surface area contributed by atoms with Gasteiger partial charge in [0.15, 0.2) is 0 Å². The number of methoxy groups -OCH3 is 2. The van der Waals surface area contributed by atoms with Crippen LogP contribution in [0, 0.1) is 0 Å². The summed E-state index contributed by atoms with van der Waals surface area (Å²) in [5.41, 5.74) is 0.998. The highest BCUT2D eigenvalue weighted by Crippen LogP contribution is 2.42. The molecular formula is C17H21NO5S. The highest BCUT2D eigenvalue weighted by molar-refractivity contribution is 7.99. The number of ketones is 1. The number of hydrogen-bond acceptors (Lipinski definition) is 6. The zero-order chi connectivity index (χ0) is 17.5. The molecule has 0 N–H and O–H groups in total. The van der Waals surface area contributed by atoms with Crippen molar-refractivity contribution in [1.29, 1.82) is 0 Å². The first kappa shape index (κ1) is 18.3. The van der Waals surface area contributed by atoms with E-state index in [1.54, 1.807) is 16.7 Å². The van der Waals surface area contributed by atoms with Crippen LogP contribution >= 0.6 is 11.8 Å². The van der Waals surface area contributed by atoms with Crippen molar-refractivity contribution >= 4 is 29.6 Å². The maximum absolute atomic E-state index is 12.2. The quantitative estimate of drug-likeness (QED) is 0.734. The number of amides is 1. The normalized spacial score (nSPS) is 19.8. The van der Waals surface area contributed by atoms with Crippen LogP contribution < -0.4 is 0 Å². The lowest BCUT2D eigenvalue weighted by Gasteiger charge is -2.28. The molecule has 1 heterocycles. The average molecular weight is 351 g/mol. The van der Waals surface area contributed by atoms with Crippen LogP contribution in [-0.4, -0.2) is 48.8 Å². The van der Waals surface area contributed by atoms with E-state index in [1.807, 2.05) is 30.3 Å². The van der Waals surface area contributed by atoms with Crippen molar-refractivity contribution in [3.8, 4) is 0 Å². The van der Waals surface area contributed by atoms with E-state index in [2.05, 4.69) is 4.74 Å². The number of nitrogens with zero attached hydrogens (tertiary/aromatic N) is 1. The van der Waals surface area contributed by atoms with Gasteiger partial charge in [0.2, 0.25) is 0 Å². The molecule has 2 unspecified atom stereocenters. The van der Waals surface area contributed by atoms with E-state index in [0.29, 0.717) is 5.75 Å². The monoisotopic (exact) mass is 351 g/mol. The topological polar surface area (TPSA) is 72.9 Å². The summed E-state index contributed by atoms with van der Waals surface area (Å²) in [4.78, 5) is 37.1. The van der Waals surface area contributed by atoms with Crippen LogP contribution in [0.25, 0.3) is 0 Å². The third-order valence-corrected chi connectivity index (χ3v) is 5.25. The summed E-state index contributed by atoms with van der Waals surface area (Å²) in [7, 11) is 2.63. The number of benzene rings is 1. The summed E-state index contributed by atoms with van der Waals surface area (Å²) in [5, 5.41) is -0.169. The number of esters is 1. The number of carbonyl (C=O) groups is 3. The Morgan fingerprint density at radius 2 is 1.83 bits per heavy atom. The molecule has 0 aliphatic carbocycles. The lowest BCUT2D eigenvalue weighted by Crippen LogP contribution is -2.39. The molecule has 1 aliphatic rings. The standard InChI is InChI=1S/C17H21NO5S/c1-22-15(20)9-8-14(19)10-13-11-24-16(18(13)17(21)23-2)12-6-4-3-5-7-12/h3-7,13,16H,8-11H2,1-2H3. The van der Waals surface area contributed by atoms with E-state index in [9.17, 15) is 14.4 Å². The second kappa shape index (κ2) is 8.73. The van der Waals surface area contributed by atoms with Gasteiger partial charge in [-0.3, -0.25) is 14.5 Å². The summed E-state index contributed by atoms with van der Waals surface area (Å²) < 4.78 is 9.44. The number of ether oxygens (including phenoxy) is 2. The van der Waals surface area contributed by atoms with Crippen LogP contribution in [0.4, 0.5) is 4.79 Å². The van der Waals surface area contributed by atoms with E-state index >= 15 is 0 Å². The van der Waals surface area contributed by atoms with Gasteiger partial charge < -0.3 is 9.47 Å². The smallest absolute Gasteiger partial charge is 0.410 e. The number of carbonyl (C=O) groups excluding carboxylic acids is 3. The Balaban J connectivity index is 2.05. The number of thioether (sulfide) groups is 1. The highest BCUT2D eigenvalue weighted by Gasteiger charge is 2.39. The Hall–Kier alpha value is -2.02. The molecule has 1 amide bonds. The Labute approximate surface area is 145 Å². The second-order valence-electron chi connectivity index (χ2n) is 5.45. The Morgan fingerprint density at radius 1 is 1.12 bits per heavy atom. The molecule has 0 saturated carbocycles. The zero-order valence-corrected chi connectivity index (χ0v) is 14.6. The fraction of sp³-hybridized carbons (Fsp3) is 0.471. The van der Waals surface area contributed by atoms with E-state index in [1.165, 1.54) is 14.2 Å². The highest BCUT2D eigenvalue weighted by atomic mass is 32.2. The molecule has 0 radical (unpaired) electrons. The van der Waals surface area contributed by atoms with Gasteiger partial charge in [-0.1, -0.05) is 30.3 Å². The van der Waals surface area contributed by atoms with Crippen molar-refractivity contribution in [3.05, 3.63) is 35.9 Å². The van der Waals surface area contributed by atoms with E-state index < -0.39 is 12.1 Å². The molecule has 24 heavy (non-hydrogen) atoms. The van der Waals surface area contributed by atoms with Gasteiger partial charge in [-0.15, -0.1) is 11.8 Å². The van der Waals surface area contributed by atoms with Crippen molar-refractivity contribution < 1.29 is 23.9 Å². The lowest BCUT2D eigenvalue weighted by molar-refractivity contribution is -0.142. The second-order valence-corrected chi connectivity index (χ2v) is 6.56. The summed E-state index contributed by atoms with van der Waals surface area (Å²) in [6, 6.07) is 9.42. The fourth-order valence-electron chi connectivity index (χ4n) is 2.64. The summed E-state index contributed by atoms with van der Waals surface area (Å²) in [6.45, 7) is 0. The number of rotatable bonds is 6. The largest absolute Gasteiger partial charge is 0.469 e. The Morgan fingerprint density at radius 3 is 2.46 bits per heavy atom. The van der Waals surface area contributed by atoms with Crippen LogP contribution in [0.5, 0.6) is 0 Å². The van der Waals surface area contributed by atoms with Crippen LogP contribution in [-0.2, 0) is 19.1 Å². The molecule has 7 heteroatoms. The minimum Gasteiger partial charge on any atom is -0.469 e. The predicted octanol–water partition coefficient (Wildman–Crippen LogP) is 2.78. The zero-order valence-electron chi connectivity index (χ0n) is 13.8. The summed E-state index contributed by atoms with van der Waals surface area (Å²) in [6.07, 6.45) is -0.0452. The average Bonchev–Trinajstić information content (AvgIpc) is 3.03. The van der Waals surface area contributed by atoms with Crippen molar-refractivity contribution in [3.63, 3.8) is 0 Å². The third-order valence-electron chi connectivity index (χ3n) is 3.86. The fourth-order valence-corrected chi connectivity index (χ4v) is 4.10.